The summed E-state index contributed by atoms with van der Waals surface area (Å²) < 4.78 is 2.40. The molecule has 32 valence electrons. The third kappa shape index (κ3) is 0.0367. The SMILES string of the molecule is S1C23S4=S25=S3C145. The fourth-order valence-corrected chi connectivity index (χ4v) is 47.1. The third-order valence-electron chi connectivity index (χ3n) is 2.18. The molecule has 0 N–H and O–H groups in total. The van der Waals surface area contributed by atoms with Gasteiger partial charge in [0.05, 0.1) is 0 Å². The third-order valence-corrected chi connectivity index (χ3v) is 31.9. The Kier molecular flexibility index (Phi) is 0.104. The summed E-state index contributed by atoms with van der Waals surface area (Å²) in [7, 11) is 2.93. The first-order valence-corrected chi connectivity index (χ1v) is 7.90. The summed E-state index contributed by atoms with van der Waals surface area (Å²) in [5, 5.41) is 0. The van der Waals surface area contributed by atoms with E-state index in [1.807, 2.05) is 0 Å². The molecule has 7 aliphatic rings. The molecular formula is C2S4. The van der Waals surface area contributed by atoms with E-state index in [-0.39, 0.29) is 0 Å². The Balaban J connectivity index is 2.89. The molecule has 6 heavy (non-hydrogen) atoms. The van der Waals surface area contributed by atoms with Crippen molar-refractivity contribution in [3.05, 3.63) is 0 Å². The average molecular weight is 152 g/mol. The molecule has 7 rings (SSSR count). The summed E-state index contributed by atoms with van der Waals surface area (Å²) in [4.78, 5) is 0. The first kappa shape index (κ1) is 2.33. The summed E-state index contributed by atoms with van der Waals surface area (Å²) in [5.41, 5.74) is 0. The zero-order valence-electron chi connectivity index (χ0n) is 2.63. The average Bonchev–Trinajstić information content (AvgIpc) is 1.69. The van der Waals surface area contributed by atoms with Gasteiger partial charge in [-0.15, -0.1) is 0 Å². The minimum absolute atomic E-state index is 0.495. The highest BCUT2D eigenvalue weighted by atomic mass is 33.4. The molecule has 2 bridgehead atoms. The van der Waals surface area contributed by atoms with E-state index in [1.54, 1.807) is 0 Å². The molecule has 0 aliphatic carbocycles. The quantitative estimate of drug-likeness (QED) is 0.479. The van der Waals surface area contributed by atoms with E-state index in [0.717, 1.165) is 0 Å². The highest BCUT2D eigenvalue weighted by molar-refractivity contribution is 9.42. The van der Waals surface area contributed by atoms with Gasteiger partial charge in [0, 0.05) is 0 Å². The van der Waals surface area contributed by atoms with E-state index in [9.17, 15) is 0 Å². The lowest BCUT2D eigenvalue weighted by molar-refractivity contribution is 1.52. The van der Waals surface area contributed by atoms with Gasteiger partial charge in [0.1, 0.15) is 0 Å². The van der Waals surface area contributed by atoms with Crippen molar-refractivity contribution in [2.75, 3.05) is 0 Å². The van der Waals surface area contributed by atoms with Crippen molar-refractivity contribution in [2.24, 2.45) is 0 Å². The minimum Gasteiger partial charge on any atom is -0.0823 e. The zero-order chi connectivity index (χ0) is 3.36. The predicted octanol–water partition coefficient (Wildman–Crippen LogP) is 0.231. The molecule has 3 spiro atoms. The molecule has 0 amide bonds. The minimum atomic E-state index is 0.495. The van der Waals surface area contributed by atoms with E-state index in [0.29, 0.717) is 7.15 Å². The highest BCUT2D eigenvalue weighted by Gasteiger charge is 3.28. The van der Waals surface area contributed by atoms with Gasteiger partial charge < -0.3 is 0 Å². The maximum Gasteiger partial charge on any atom is 0.165 e. The Bertz CT molecular complexity index is 324. The van der Waals surface area contributed by atoms with Crippen LogP contribution in [-0.4, -0.2) is 5.49 Å². The molecule has 0 nitrogen and oxygen atoms in total. The Morgan fingerprint density at radius 2 is 1.67 bits per heavy atom. The number of hydrogen-bond donors (Lipinski definition) is 0. The molecule has 4 heteroatoms. The van der Waals surface area contributed by atoms with Gasteiger partial charge in [-0.25, -0.2) is 0 Å². The lowest BCUT2D eigenvalue weighted by Crippen LogP contribution is -2.57. The number of rotatable bonds is 0. The molecule has 0 atom stereocenters. The van der Waals surface area contributed by atoms with E-state index in [4.69, 9.17) is 0 Å². The summed E-state index contributed by atoms with van der Waals surface area (Å²) in [6.45, 7) is 0. The second kappa shape index (κ2) is 0.268. The normalized spacial score (nSPS) is 136. The topological polar surface area (TPSA) is 0 Å². The van der Waals surface area contributed by atoms with E-state index in [1.165, 1.54) is 24.4 Å². The first-order chi connectivity index (χ1) is 2.94. The summed E-state index contributed by atoms with van der Waals surface area (Å²) in [5.74, 6) is 0. The van der Waals surface area contributed by atoms with Crippen molar-refractivity contribution >= 4 is 37.8 Å². The van der Waals surface area contributed by atoms with Crippen LogP contribution in [0.25, 0.3) is 0 Å². The molecule has 0 radical (unpaired) electrons. The van der Waals surface area contributed by atoms with Crippen molar-refractivity contribution in [3.8, 4) is 0 Å². The van der Waals surface area contributed by atoms with Gasteiger partial charge in [-0.2, -0.15) is 0 Å². The predicted molar refractivity (Wildman–Crippen MR) is 35.1 cm³/mol. The smallest absolute Gasteiger partial charge is 0.0823 e. The van der Waals surface area contributed by atoms with Crippen LogP contribution in [0.5, 0.6) is 0 Å². The molecule has 7 aliphatic heterocycles. The Hall–Kier alpha value is 1.40. The largest absolute Gasteiger partial charge is 0.165 e. The van der Waals surface area contributed by atoms with Crippen molar-refractivity contribution < 1.29 is 0 Å². The monoisotopic (exact) mass is 152 g/mol. The van der Waals surface area contributed by atoms with E-state index < -0.39 is 0 Å². The maximum absolute atomic E-state index is 2.36. The van der Waals surface area contributed by atoms with Crippen LogP contribution in [0.2, 0.25) is 0 Å². The molecule has 0 saturated carbocycles. The Labute approximate surface area is 43.3 Å². The summed E-state index contributed by atoms with van der Waals surface area (Å²) >= 11 is 2.36. The molecule has 0 unspecified atom stereocenters. The molecule has 7 heterocycles. The van der Waals surface area contributed by atoms with Crippen molar-refractivity contribution in [1.29, 1.82) is 0 Å². The van der Waals surface area contributed by atoms with Crippen LogP contribution in [0.15, 0.2) is 0 Å². The van der Waals surface area contributed by atoms with Crippen LogP contribution in [0.3, 0.4) is 0 Å². The summed E-state index contributed by atoms with van der Waals surface area (Å²) in [6.07, 6.45) is 0. The Morgan fingerprint density at radius 3 is 1.67 bits per heavy atom. The van der Waals surface area contributed by atoms with Crippen LogP contribution in [0.1, 0.15) is 0 Å². The van der Waals surface area contributed by atoms with Crippen LogP contribution >= 0.6 is 11.8 Å². The van der Waals surface area contributed by atoms with Crippen LogP contribution < -0.4 is 0 Å². The standard InChI is InChI=1S/C2S4/c3-1-4-2(3)5(1)6(1,2)4. The van der Waals surface area contributed by atoms with Crippen LogP contribution in [0, 0.1) is 0 Å². The fraction of sp³-hybridized carbons (Fsp3) is 1.00. The van der Waals surface area contributed by atoms with Gasteiger partial charge in [0.2, 0.25) is 0 Å². The number of hydrogen-bond acceptors (Lipinski definition) is 1. The van der Waals surface area contributed by atoms with Gasteiger partial charge >= 0.3 is 0 Å². The van der Waals surface area contributed by atoms with Crippen molar-refractivity contribution in [1.82, 2.24) is 0 Å². The second-order valence-corrected chi connectivity index (χ2v) is 18.1. The lowest BCUT2D eigenvalue weighted by Gasteiger charge is -2.49. The second-order valence-electron chi connectivity index (χ2n) is 2.14. The number of thioether (sulfide) groups is 1. The highest BCUT2D eigenvalue weighted by Crippen LogP contribution is 3.23. The van der Waals surface area contributed by atoms with Gasteiger partial charge in [0.25, 0.3) is 0 Å². The molecule has 0 aromatic carbocycles. The molecule has 3 fully saturated rings. The maximum atomic E-state index is 2.36. The molecule has 3 saturated heterocycles. The van der Waals surface area contributed by atoms with Gasteiger partial charge in [-0.05, 0) is 0 Å². The van der Waals surface area contributed by atoms with Crippen LogP contribution in [0.4, 0.5) is 0 Å². The van der Waals surface area contributed by atoms with Crippen LogP contribution in [-0.2, 0) is 26.1 Å². The van der Waals surface area contributed by atoms with Gasteiger partial charge in [-0.1, -0.05) is 37.8 Å². The molecule has 0 aromatic heterocycles. The summed E-state index contributed by atoms with van der Waals surface area (Å²) in [6, 6.07) is 0. The van der Waals surface area contributed by atoms with Crippen molar-refractivity contribution in [3.63, 3.8) is 0 Å². The van der Waals surface area contributed by atoms with Crippen molar-refractivity contribution in [2.45, 2.75) is 5.49 Å². The first-order valence-electron chi connectivity index (χ1n) is 1.97. The zero-order valence-corrected chi connectivity index (χ0v) is 5.90. The molecule has 0 aromatic rings. The fourth-order valence-electron chi connectivity index (χ4n) is 1.69. The van der Waals surface area contributed by atoms with Gasteiger partial charge in [-0.3, -0.25) is 0 Å². The van der Waals surface area contributed by atoms with E-state index in [2.05, 4.69) is 11.8 Å². The Morgan fingerprint density at radius 1 is 1.33 bits per heavy atom. The van der Waals surface area contributed by atoms with Gasteiger partial charge in [0.15, 0.2) is 5.49 Å². The molecular weight excluding hydrogens is 152 g/mol. The lowest BCUT2D eigenvalue weighted by atomic mass is 11.6. The van der Waals surface area contributed by atoms with E-state index >= 15 is 0 Å².